The molecule has 0 aromatic heterocycles. The van der Waals surface area contributed by atoms with Crippen molar-refractivity contribution in [2.24, 2.45) is 0 Å². The SMILES string of the molecule is COc1ccc(OC)c(NC(=O)CCN(CCc2ccccc2)C(C)=O)c1. The van der Waals surface area contributed by atoms with Crippen molar-refractivity contribution >= 4 is 17.5 Å². The molecule has 0 bridgehead atoms. The Kier molecular flexibility index (Phi) is 7.67. The first-order valence-corrected chi connectivity index (χ1v) is 8.84. The number of hydrogen-bond acceptors (Lipinski definition) is 4. The number of amides is 2. The van der Waals surface area contributed by atoms with Gasteiger partial charge in [-0.05, 0) is 24.1 Å². The van der Waals surface area contributed by atoms with E-state index in [0.717, 1.165) is 12.0 Å². The molecule has 2 aromatic rings. The number of carbonyl (C=O) groups is 2. The highest BCUT2D eigenvalue weighted by Crippen LogP contribution is 2.28. The van der Waals surface area contributed by atoms with Crippen molar-refractivity contribution in [3.8, 4) is 11.5 Å². The molecule has 0 aliphatic rings. The lowest BCUT2D eigenvalue weighted by Gasteiger charge is -2.21. The highest BCUT2D eigenvalue weighted by molar-refractivity contribution is 5.93. The van der Waals surface area contributed by atoms with Gasteiger partial charge in [0.1, 0.15) is 11.5 Å². The van der Waals surface area contributed by atoms with E-state index in [4.69, 9.17) is 9.47 Å². The van der Waals surface area contributed by atoms with Gasteiger partial charge < -0.3 is 19.7 Å². The summed E-state index contributed by atoms with van der Waals surface area (Å²) in [6.07, 6.45) is 0.959. The minimum Gasteiger partial charge on any atom is -0.497 e. The average Bonchev–Trinajstić information content (AvgIpc) is 2.68. The van der Waals surface area contributed by atoms with Crippen LogP contribution in [0.2, 0.25) is 0 Å². The molecule has 2 aromatic carbocycles. The molecular weight excluding hydrogens is 344 g/mol. The summed E-state index contributed by atoms with van der Waals surface area (Å²) >= 11 is 0. The van der Waals surface area contributed by atoms with Gasteiger partial charge in [-0.1, -0.05) is 30.3 Å². The molecule has 0 spiro atoms. The summed E-state index contributed by atoms with van der Waals surface area (Å²) in [6.45, 7) is 2.46. The Balaban J connectivity index is 1.91. The van der Waals surface area contributed by atoms with Crippen LogP contribution >= 0.6 is 0 Å². The summed E-state index contributed by atoms with van der Waals surface area (Å²) in [6, 6.07) is 15.2. The van der Waals surface area contributed by atoms with Crippen molar-refractivity contribution < 1.29 is 19.1 Å². The normalized spacial score (nSPS) is 10.2. The third kappa shape index (κ3) is 6.33. The lowest BCUT2D eigenvalue weighted by atomic mass is 10.1. The third-order valence-corrected chi connectivity index (χ3v) is 4.25. The molecule has 0 aliphatic carbocycles. The molecule has 6 heteroatoms. The smallest absolute Gasteiger partial charge is 0.226 e. The molecule has 0 heterocycles. The Bertz CT molecular complexity index is 762. The third-order valence-electron chi connectivity index (χ3n) is 4.25. The minimum atomic E-state index is -0.187. The molecule has 0 saturated carbocycles. The molecule has 0 atom stereocenters. The summed E-state index contributed by atoms with van der Waals surface area (Å²) in [5.74, 6) is 0.946. The van der Waals surface area contributed by atoms with Crippen molar-refractivity contribution in [3.63, 3.8) is 0 Å². The van der Waals surface area contributed by atoms with Crippen LogP contribution in [0.5, 0.6) is 11.5 Å². The molecule has 1 N–H and O–H groups in total. The van der Waals surface area contributed by atoms with Crippen molar-refractivity contribution in [2.45, 2.75) is 19.8 Å². The van der Waals surface area contributed by atoms with Gasteiger partial charge in [0.05, 0.1) is 19.9 Å². The first kappa shape index (κ1) is 20.3. The van der Waals surface area contributed by atoms with Crippen LogP contribution in [0.1, 0.15) is 18.9 Å². The van der Waals surface area contributed by atoms with Crippen molar-refractivity contribution in [1.82, 2.24) is 4.90 Å². The van der Waals surface area contributed by atoms with Crippen LogP contribution in [-0.2, 0) is 16.0 Å². The van der Waals surface area contributed by atoms with Gasteiger partial charge in [0.15, 0.2) is 0 Å². The first-order valence-electron chi connectivity index (χ1n) is 8.84. The number of methoxy groups -OCH3 is 2. The van der Waals surface area contributed by atoms with E-state index in [-0.39, 0.29) is 18.2 Å². The van der Waals surface area contributed by atoms with Gasteiger partial charge in [0, 0.05) is 32.5 Å². The molecule has 2 rings (SSSR count). The van der Waals surface area contributed by atoms with Crippen LogP contribution in [0.15, 0.2) is 48.5 Å². The van der Waals surface area contributed by atoms with Crippen LogP contribution in [0.25, 0.3) is 0 Å². The van der Waals surface area contributed by atoms with Gasteiger partial charge in [-0.15, -0.1) is 0 Å². The number of nitrogens with zero attached hydrogens (tertiary/aromatic N) is 1. The summed E-state index contributed by atoms with van der Waals surface area (Å²) in [5.41, 5.74) is 1.70. The fourth-order valence-electron chi connectivity index (χ4n) is 2.70. The Morgan fingerprint density at radius 1 is 1.00 bits per heavy atom. The van der Waals surface area contributed by atoms with E-state index < -0.39 is 0 Å². The maximum absolute atomic E-state index is 12.3. The number of benzene rings is 2. The van der Waals surface area contributed by atoms with Crippen LogP contribution in [0.3, 0.4) is 0 Å². The van der Waals surface area contributed by atoms with Gasteiger partial charge in [-0.3, -0.25) is 9.59 Å². The maximum atomic E-state index is 12.3. The second-order valence-corrected chi connectivity index (χ2v) is 6.11. The van der Waals surface area contributed by atoms with E-state index in [1.54, 1.807) is 37.3 Å². The lowest BCUT2D eigenvalue weighted by Crippen LogP contribution is -2.33. The van der Waals surface area contributed by atoms with E-state index in [1.165, 1.54) is 6.92 Å². The van der Waals surface area contributed by atoms with E-state index in [0.29, 0.717) is 30.3 Å². The zero-order valence-corrected chi connectivity index (χ0v) is 16.0. The molecule has 0 radical (unpaired) electrons. The quantitative estimate of drug-likeness (QED) is 0.736. The average molecular weight is 370 g/mol. The zero-order valence-electron chi connectivity index (χ0n) is 16.0. The van der Waals surface area contributed by atoms with Crippen LogP contribution < -0.4 is 14.8 Å². The molecule has 0 unspecified atom stereocenters. The molecule has 6 nitrogen and oxygen atoms in total. The highest BCUT2D eigenvalue weighted by atomic mass is 16.5. The number of anilines is 1. The van der Waals surface area contributed by atoms with Gasteiger partial charge in [-0.25, -0.2) is 0 Å². The van der Waals surface area contributed by atoms with Crippen LogP contribution in [0.4, 0.5) is 5.69 Å². The van der Waals surface area contributed by atoms with Crippen LogP contribution in [0, 0.1) is 0 Å². The van der Waals surface area contributed by atoms with E-state index in [1.807, 2.05) is 30.3 Å². The lowest BCUT2D eigenvalue weighted by molar-refractivity contribution is -0.129. The topological polar surface area (TPSA) is 67.9 Å². The number of carbonyl (C=O) groups excluding carboxylic acids is 2. The predicted molar refractivity (Wildman–Crippen MR) is 105 cm³/mol. The Morgan fingerprint density at radius 2 is 1.74 bits per heavy atom. The van der Waals surface area contributed by atoms with Crippen molar-refractivity contribution in [1.29, 1.82) is 0 Å². The Morgan fingerprint density at radius 3 is 2.37 bits per heavy atom. The summed E-state index contributed by atoms with van der Waals surface area (Å²) < 4.78 is 10.4. The second kappa shape index (κ2) is 10.2. The Labute approximate surface area is 160 Å². The molecule has 27 heavy (non-hydrogen) atoms. The molecule has 144 valence electrons. The fraction of sp³-hybridized carbons (Fsp3) is 0.333. The van der Waals surface area contributed by atoms with E-state index in [9.17, 15) is 9.59 Å². The van der Waals surface area contributed by atoms with Gasteiger partial charge >= 0.3 is 0 Å². The number of nitrogens with one attached hydrogen (secondary N) is 1. The van der Waals surface area contributed by atoms with E-state index in [2.05, 4.69) is 5.32 Å². The predicted octanol–water partition coefficient (Wildman–Crippen LogP) is 3.12. The highest BCUT2D eigenvalue weighted by Gasteiger charge is 2.13. The van der Waals surface area contributed by atoms with E-state index >= 15 is 0 Å². The number of rotatable bonds is 9. The molecule has 0 saturated heterocycles. The standard InChI is InChI=1S/C21H26N2O4/c1-16(24)23(13-11-17-7-5-4-6-8-17)14-12-21(25)22-19-15-18(26-2)9-10-20(19)27-3/h4-10,15H,11-14H2,1-3H3,(H,22,25). The largest absolute Gasteiger partial charge is 0.497 e. The van der Waals surface area contributed by atoms with Gasteiger partial charge in [0.25, 0.3) is 0 Å². The summed E-state index contributed by atoms with van der Waals surface area (Å²) in [5, 5.41) is 2.82. The Hall–Kier alpha value is -3.02. The second-order valence-electron chi connectivity index (χ2n) is 6.11. The van der Waals surface area contributed by atoms with Crippen molar-refractivity contribution in [3.05, 3.63) is 54.1 Å². The first-order chi connectivity index (χ1) is 13.0. The molecular formula is C21H26N2O4. The van der Waals surface area contributed by atoms with Gasteiger partial charge in [-0.2, -0.15) is 0 Å². The molecule has 2 amide bonds. The fourth-order valence-corrected chi connectivity index (χ4v) is 2.70. The maximum Gasteiger partial charge on any atom is 0.226 e. The van der Waals surface area contributed by atoms with Crippen LogP contribution in [-0.4, -0.2) is 44.0 Å². The van der Waals surface area contributed by atoms with Gasteiger partial charge in [0.2, 0.25) is 11.8 Å². The van der Waals surface area contributed by atoms with Crippen molar-refractivity contribution in [2.75, 3.05) is 32.6 Å². The zero-order chi connectivity index (χ0) is 19.6. The number of ether oxygens (including phenoxy) is 2. The minimum absolute atomic E-state index is 0.0438. The summed E-state index contributed by atoms with van der Waals surface area (Å²) in [4.78, 5) is 25.9. The number of hydrogen-bond donors (Lipinski definition) is 1. The molecule has 0 fully saturated rings. The molecule has 0 aliphatic heterocycles. The summed E-state index contributed by atoms with van der Waals surface area (Å²) in [7, 11) is 3.10. The monoisotopic (exact) mass is 370 g/mol.